The van der Waals surface area contributed by atoms with Gasteiger partial charge in [-0.2, -0.15) is 0 Å². The lowest BCUT2D eigenvalue weighted by molar-refractivity contribution is 0.0951. The Hall–Kier alpha value is -2.21. The number of phenolic OH excluding ortho intramolecular Hbond substituents is 1. The fourth-order valence-electron chi connectivity index (χ4n) is 2.35. The molecule has 1 amide bonds. The van der Waals surface area contributed by atoms with Crippen LogP contribution in [-0.4, -0.2) is 30.8 Å². The van der Waals surface area contributed by atoms with E-state index in [1.165, 1.54) is 6.07 Å². The van der Waals surface area contributed by atoms with E-state index in [0.29, 0.717) is 26.2 Å². The lowest BCUT2D eigenvalue weighted by atomic mass is 10.1. The second kappa shape index (κ2) is 6.91. The molecule has 0 atom stereocenters. The Balaban J connectivity index is 1.59. The number of aromatic hydroxyl groups is 1. The van der Waals surface area contributed by atoms with Crippen molar-refractivity contribution < 1.29 is 19.4 Å². The topological polar surface area (TPSA) is 67.8 Å². The largest absolute Gasteiger partial charge is 0.507 e. The highest BCUT2D eigenvalue weighted by Crippen LogP contribution is 2.30. The van der Waals surface area contributed by atoms with Gasteiger partial charge in [-0.1, -0.05) is 22.0 Å². The van der Waals surface area contributed by atoms with Crippen molar-refractivity contribution in [1.29, 1.82) is 0 Å². The van der Waals surface area contributed by atoms with Crippen LogP contribution < -0.4 is 14.8 Å². The lowest BCUT2D eigenvalue weighted by Gasteiger charge is -2.18. The Morgan fingerprint density at radius 1 is 1.13 bits per heavy atom. The third kappa shape index (κ3) is 3.76. The molecule has 0 saturated carbocycles. The third-order valence-electron chi connectivity index (χ3n) is 3.51. The van der Waals surface area contributed by atoms with Crippen molar-refractivity contribution in [3.05, 3.63) is 52.0 Å². The number of nitrogens with one attached hydrogen (secondary N) is 1. The Bertz CT molecular complexity index is 733. The van der Waals surface area contributed by atoms with E-state index in [4.69, 9.17) is 9.47 Å². The monoisotopic (exact) mass is 377 g/mol. The molecule has 3 rings (SSSR count). The number of ether oxygens (including phenoxy) is 2. The van der Waals surface area contributed by atoms with Crippen LogP contribution >= 0.6 is 15.9 Å². The molecule has 23 heavy (non-hydrogen) atoms. The van der Waals surface area contributed by atoms with Crippen LogP contribution in [0.4, 0.5) is 0 Å². The number of halogens is 1. The van der Waals surface area contributed by atoms with Gasteiger partial charge in [0.05, 0.1) is 5.56 Å². The van der Waals surface area contributed by atoms with Crippen molar-refractivity contribution in [3.63, 3.8) is 0 Å². The maximum absolute atomic E-state index is 12.1. The van der Waals surface area contributed by atoms with Gasteiger partial charge in [0.25, 0.3) is 5.91 Å². The van der Waals surface area contributed by atoms with E-state index in [0.717, 1.165) is 21.5 Å². The first kappa shape index (κ1) is 15.7. The molecule has 1 aliphatic rings. The summed E-state index contributed by atoms with van der Waals surface area (Å²) in [6.45, 7) is 1.58. The summed E-state index contributed by atoms with van der Waals surface area (Å²) in [6, 6.07) is 10.5. The number of phenols is 1. The Kier molecular flexibility index (Phi) is 4.71. The first-order valence-corrected chi connectivity index (χ1v) is 8.08. The average Bonchev–Trinajstić information content (AvgIpc) is 2.57. The predicted octanol–water partition coefficient (Wildman–Crippen LogP) is 2.90. The molecule has 1 aliphatic heterocycles. The molecule has 5 nitrogen and oxygen atoms in total. The van der Waals surface area contributed by atoms with Gasteiger partial charge in [-0.15, -0.1) is 0 Å². The van der Waals surface area contributed by atoms with Crippen molar-refractivity contribution >= 4 is 21.8 Å². The number of amides is 1. The van der Waals surface area contributed by atoms with E-state index < -0.39 is 0 Å². The van der Waals surface area contributed by atoms with Gasteiger partial charge in [0.1, 0.15) is 19.0 Å². The molecule has 0 unspecified atom stereocenters. The fraction of sp³-hybridized carbons (Fsp3) is 0.235. The zero-order valence-corrected chi connectivity index (χ0v) is 13.9. The van der Waals surface area contributed by atoms with E-state index >= 15 is 0 Å². The summed E-state index contributed by atoms with van der Waals surface area (Å²) < 4.78 is 11.8. The maximum atomic E-state index is 12.1. The van der Waals surface area contributed by atoms with Crippen LogP contribution in [0.3, 0.4) is 0 Å². The molecule has 2 aromatic rings. The van der Waals surface area contributed by atoms with Gasteiger partial charge >= 0.3 is 0 Å². The molecule has 0 radical (unpaired) electrons. The van der Waals surface area contributed by atoms with Crippen molar-refractivity contribution in [2.24, 2.45) is 0 Å². The average molecular weight is 378 g/mol. The minimum absolute atomic E-state index is 0.0370. The number of benzene rings is 2. The van der Waals surface area contributed by atoms with Crippen molar-refractivity contribution in [1.82, 2.24) is 5.32 Å². The highest BCUT2D eigenvalue weighted by Gasteiger charge is 2.13. The smallest absolute Gasteiger partial charge is 0.255 e. The summed E-state index contributed by atoms with van der Waals surface area (Å²) in [4.78, 5) is 12.1. The fourth-order valence-corrected chi connectivity index (χ4v) is 2.71. The molecule has 120 valence electrons. The minimum Gasteiger partial charge on any atom is -0.507 e. The van der Waals surface area contributed by atoms with E-state index in [-0.39, 0.29) is 17.2 Å². The van der Waals surface area contributed by atoms with Gasteiger partial charge in [0, 0.05) is 11.0 Å². The summed E-state index contributed by atoms with van der Waals surface area (Å²) in [6.07, 6.45) is 0.664. The van der Waals surface area contributed by atoms with Crippen molar-refractivity contribution in [2.45, 2.75) is 6.42 Å². The van der Waals surface area contributed by atoms with Gasteiger partial charge in [-0.3, -0.25) is 4.79 Å². The molecule has 6 heteroatoms. The molecule has 0 saturated heterocycles. The zero-order chi connectivity index (χ0) is 16.2. The van der Waals surface area contributed by atoms with Crippen LogP contribution in [0.25, 0.3) is 0 Å². The lowest BCUT2D eigenvalue weighted by Crippen LogP contribution is -2.25. The number of hydrogen-bond donors (Lipinski definition) is 2. The van der Waals surface area contributed by atoms with Gasteiger partial charge in [-0.05, 0) is 42.3 Å². The SMILES string of the molecule is O=C(NCCc1ccc2c(c1)OCCO2)c1cc(Br)ccc1O. The summed E-state index contributed by atoms with van der Waals surface area (Å²) in [5.41, 5.74) is 1.30. The normalized spacial score (nSPS) is 12.7. The third-order valence-corrected chi connectivity index (χ3v) is 4.00. The molecule has 0 aromatic heterocycles. The summed E-state index contributed by atoms with van der Waals surface area (Å²) in [5, 5.41) is 12.5. The van der Waals surface area contributed by atoms with E-state index in [2.05, 4.69) is 21.2 Å². The molecule has 2 N–H and O–H groups in total. The summed E-state index contributed by atoms with van der Waals surface area (Å²) in [5.74, 6) is 1.15. The Labute approximate surface area is 142 Å². The molecular weight excluding hydrogens is 362 g/mol. The van der Waals surface area contributed by atoms with Gasteiger partial charge < -0.3 is 19.9 Å². The van der Waals surface area contributed by atoms with Crippen molar-refractivity contribution in [2.75, 3.05) is 19.8 Å². The second-order valence-electron chi connectivity index (χ2n) is 5.15. The van der Waals surface area contributed by atoms with Crippen LogP contribution in [0.5, 0.6) is 17.2 Å². The molecule has 1 heterocycles. The molecule has 0 spiro atoms. The van der Waals surface area contributed by atoms with Gasteiger partial charge in [0.15, 0.2) is 11.5 Å². The molecule has 2 aromatic carbocycles. The number of fused-ring (bicyclic) bond motifs is 1. The number of carbonyl (C=O) groups excluding carboxylic acids is 1. The van der Waals surface area contributed by atoms with E-state index in [9.17, 15) is 9.90 Å². The Morgan fingerprint density at radius 3 is 2.74 bits per heavy atom. The maximum Gasteiger partial charge on any atom is 0.255 e. The van der Waals surface area contributed by atoms with Crippen LogP contribution in [0.2, 0.25) is 0 Å². The van der Waals surface area contributed by atoms with Crippen LogP contribution in [0.15, 0.2) is 40.9 Å². The second-order valence-corrected chi connectivity index (χ2v) is 6.06. The van der Waals surface area contributed by atoms with E-state index in [1.807, 2.05) is 18.2 Å². The summed E-state index contributed by atoms with van der Waals surface area (Å²) >= 11 is 3.29. The molecule has 0 aliphatic carbocycles. The first-order valence-electron chi connectivity index (χ1n) is 7.29. The number of carbonyl (C=O) groups is 1. The standard InChI is InChI=1S/C17H16BrNO4/c18-12-2-3-14(20)13(10-12)17(21)19-6-5-11-1-4-15-16(9-11)23-8-7-22-15/h1-4,9-10,20H,5-8H2,(H,19,21). The highest BCUT2D eigenvalue weighted by atomic mass is 79.9. The van der Waals surface area contributed by atoms with Gasteiger partial charge in [0.2, 0.25) is 0 Å². The molecular formula is C17H16BrNO4. The van der Waals surface area contributed by atoms with Gasteiger partial charge in [-0.25, -0.2) is 0 Å². The number of rotatable bonds is 4. The zero-order valence-electron chi connectivity index (χ0n) is 12.3. The van der Waals surface area contributed by atoms with E-state index in [1.54, 1.807) is 12.1 Å². The quantitative estimate of drug-likeness (QED) is 0.859. The number of hydrogen-bond acceptors (Lipinski definition) is 4. The first-order chi connectivity index (χ1) is 11.1. The molecule has 0 bridgehead atoms. The molecule has 0 fully saturated rings. The summed E-state index contributed by atoms with van der Waals surface area (Å²) in [7, 11) is 0. The highest BCUT2D eigenvalue weighted by molar-refractivity contribution is 9.10. The van der Waals surface area contributed by atoms with Crippen LogP contribution in [0.1, 0.15) is 15.9 Å². The minimum atomic E-state index is -0.304. The van der Waals surface area contributed by atoms with Crippen molar-refractivity contribution in [3.8, 4) is 17.2 Å². The van der Waals surface area contributed by atoms with Crippen LogP contribution in [-0.2, 0) is 6.42 Å². The Morgan fingerprint density at radius 2 is 1.91 bits per heavy atom. The predicted molar refractivity (Wildman–Crippen MR) is 89.3 cm³/mol. The van der Waals surface area contributed by atoms with Crippen LogP contribution in [0, 0.1) is 0 Å².